The van der Waals surface area contributed by atoms with E-state index < -0.39 is 0 Å². The van der Waals surface area contributed by atoms with Crippen molar-refractivity contribution >= 4 is 5.97 Å². The number of esters is 1. The van der Waals surface area contributed by atoms with Crippen molar-refractivity contribution in [3.8, 4) is 0 Å². The van der Waals surface area contributed by atoms with E-state index in [4.69, 9.17) is 4.74 Å². The normalized spacial score (nSPS) is 31.5. The summed E-state index contributed by atoms with van der Waals surface area (Å²) in [5.41, 5.74) is 0. The molecule has 70 valence electrons. The van der Waals surface area contributed by atoms with Gasteiger partial charge in [0.1, 0.15) is 0 Å². The standard InChI is InChI=1S/C10H18O2/c1-7(2)9-4-8(3)5-10(11)12-6-9/h7-9H,4-6H2,1-3H3. The van der Waals surface area contributed by atoms with Crippen LogP contribution in [0.5, 0.6) is 0 Å². The molecule has 0 aromatic carbocycles. The molecule has 1 aliphatic heterocycles. The molecular weight excluding hydrogens is 152 g/mol. The van der Waals surface area contributed by atoms with Crippen molar-refractivity contribution < 1.29 is 9.53 Å². The number of carbonyl (C=O) groups is 1. The van der Waals surface area contributed by atoms with Gasteiger partial charge in [-0.05, 0) is 24.2 Å². The second-order valence-electron chi connectivity index (χ2n) is 4.23. The summed E-state index contributed by atoms with van der Waals surface area (Å²) in [5, 5.41) is 0. The topological polar surface area (TPSA) is 26.3 Å². The minimum atomic E-state index is -0.0225. The Hall–Kier alpha value is -0.530. The monoisotopic (exact) mass is 170 g/mol. The van der Waals surface area contributed by atoms with Crippen LogP contribution in [0.1, 0.15) is 33.6 Å². The van der Waals surface area contributed by atoms with Crippen molar-refractivity contribution in [1.29, 1.82) is 0 Å². The van der Waals surface area contributed by atoms with Gasteiger partial charge in [-0.2, -0.15) is 0 Å². The number of carbonyl (C=O) groups excluding carboxylic acids is 1. The van der Waals surface area contributed by atoms with E-state index in [0.717, 1.165) is 6.42 Å². The Balaban J connectivity index is 2.52. The summed E-state index contributed by atoms with van der Waals surface area (Å²) in [6, 6.07) is 0. The van der Waals surface area contributed by atoms with Gasteiger partial charge in [0, 0.05) is 6.42 Å². The summed E-state index contributed by atoms with van der Waals surface area (Å²) in [7, 11) is 0. The van der Waals surface area contributed by atoms with E-state index >= 15 is 0 Å². The quantitative estimate of drug-likeness (QED) is 0.564. The van der Waals surface area contributed by atoms with Crippen molar-refractivity contribution in [3.63, 3.8) is 0 Å². The van der Waals surface area contributed by atoms with Crippen molar-refractivity contribution in [2.24, 2.45) is 17.8 Å². The molecule has 1 aliphatic rings. The van der Waals surface area contributed by atoms with Crippen molar-refractivity contribution in [3.05, 3.63) is 0 Å². The van der Waals surface area contributed by atoms with E-state index in [1.54, 1.807) is 0 Å². The molecule has 0 aromatic rings. The van der Waals surface area contributed by atoms with Crippen LogP contribution in [0.3, 0.4) is 0 Å². The predicted octanol–water partition coefficient (Wildman–Crippen LogP) is 2.23. The Labute approximate surface area is 74.3 Å². The van der Waals surface area contributed by atoms with Crippen LogP contribution in [-0.4, -0.2) is 12.6 Å². The van der Waals surface area contributed by atoms with Crippen LogP contribution in [0.4, 0.5) is 0 Å². The molecular formula is C10H18O2. The maximum atomic E-state index is 11.0. The first kappa shape index (κ1) is 9.56. The highest BCUT2D eigenvalue weighted by atomic mass is 16.5. The SMILES string of the molecule is CC1CC(=O)OCC(C(C)C)C1. The largest absolute Gasteiger partial charge is 0.465 e. The number of hydrogen-bond donors (Lipinski definition) is 0. The molecule has 0 aliphatic carbocycles. The molecule has 2 unspecified atom stereocenters. The lowest BCUT2D eigenvalue weighted by atomic mass is 9.87. The summed E-state index contributed by atoms with van der Waals surface area (Å²) in [5.74, 6) is 1.66. The lowest BCUT2D eigenvalue weighted by Gasteiger charge is -2.18. The summed E-state index contributed by atoms with van der Waals surface area (Å²) in [6.07, 6.45) is 1.73. The molecule has 0 bridgehead atoms. The number of cyclic esters (lactones) is 1. The highest BCUT2D eigenvalue weighted by Crippen LogP contribution is 2.25. The van der Waals surface area contributed by atoms with Gasteiger partial charge in [-0.1, -0.05) is 20.8 Å². The van der Waals surface area contributed by atoms with E-state index in [-0.39, 0.29) is 5.97 Å². The van der Waals surface area contributed by atoms with E-state index in [0.29, 0.717) is 30.8 Å². The molecule has 1 heterocycles. The maximum Gasteiger partial charge on any atom is 0.306 e. The highest BCUT2D eigenvalue weighted by Gasteiger charge is 2.24. The highest BCUT2D eigenvalue weighted by molar-refractivity contribution is 5.69. The summed E-state index contributed by atoms with van der Waals surface area (Å²) >= 11 is 0. The van der Waals surface area contributed by atoms with Gasteiger partial charge in [0.05, 0.1) is 6.61 Å². The average molecular weight is 170 g/mol. The van der Waals surface area contributed by atoms with Crippen LogP contribution in [0.25, 0.3) is 0 Å². The Morgan fingerprint density at radius 1 is 1.50 bits per heavy atom. The fraction of sp³-hybridized carbons (Fsp3) is 0.900. The zero-order valence-electron chi connectivity index (χ0n) is 8.17. The van der Waals surface area contributed by atoms with Crippen LogP contribution < -0.4 is 0 Å². The molecule has 0 N–H and O–H groups in total. The number of rotatable bonds is 1. The first-order valence-electron chi connectivity index (χ1n) is 4.75. The second kappa shape index (κ2) is 3.92. The molecule has 12 heavy (non-hydrogen) atoms. The minimum absolute atomic E-state index is 0.0225. The predicted molar refractivity (Wildman–Crippen MR) is 47.7 cm³/mol. The Morgan fingerprint density at radius 3 is 2.75 bits per heavy atom. The average Bonchev–Trinajstić information content (AvgIpc) is 2.11. The van der Waals surface area contributed by atoms with E-state index in [9.17, 15) is 4.79 Å². The fourth-order valence-electron chi connectivity index (χ4n) is 1.68. The van der Waals surface area contributed by atoms with Gasteiger partial charge in [0.2, 0.25) is 0 Å². The van der Waals surface area contributed by atoms with Gasteiger partial charge < -0.3 is 4.74 Å². The Bertz CT molecular complexity index is 163. The Morgan fingerprint density at radius 2 is 2.17 bits per heavy atom. The molecule has 0 spiro atoms. The fourth-order valence-corrected chi connectivity index (χ4v) is 1.68. The smallest absolute Gasteiger partial charge is 0.306 e. The van der Waals surface area contributed by atoms with Crippen molar-refractivity contribution in [2.75, 3.05) is 6.61 Å². The summed E-state index contributed by atoms with van der Waals surface area (Å²) in [4.78, 5) is 11.0. The second-order valence-corrected chi connectivity index (χ2v) is 4.23. The molecule has 2 nitrogen and oxygen atoms in total. The van der Waals surface area contributed by atoms with Gasteiger partial charge in [-0.3, -0.25) is 4.79 Å². The lowest BCUT2D eigenvalue weighted by Crippen LogP contribution is -2.15. The molecule has 2 atom stereocenters. The third-order valence-electron chi connectivity index (χ3n) is 2.62. The van der Waals surface area contributed by atoms with Crippen molar-refractivity contribution in [2.45, 2.75) is 33.6 Å². The molecule has 0 radical (unpaired) electrons. The third kappa shape index (κ3) is 2.50. The first-order valence-corrected chi connectivity index (χ1v) is 4.75. The molecule has 1 saturated heterocycles. The minimum Gasteiger partial charge on any atom is -0.465 e. The van der Waals surface area contributed by atoms with Gasteiger partial charge in [0.25, 0.3) is 0 Å². The van der Waals surface area contributed by atoms with Crippen LogP contribution >= 0.6 is 0 Å². The molecule has 2 heteroatoms. The number of hydrogen-bond acceptors (Lipinski definition) is 2. The molecule has 0 amide bonds. The van der Waals surface area contributed by atoms with Gasteiger partial charge in [-0.15, -0.1) is 0 Å². The Kier molecular flexibility index (Phi) is 3.12. The lowest BCUT2D eigenvalue weighted by molar-refractivity contribution is -0.144. The van der Waals surface area contributed by atoms with Crippen LogP contribution in [0.15, 0.2) is 0 Å². The molecule has 1 rings (SSSR count). The van der Waals surface area contributed by atoms with E-state index in [2.05, 4.69) is 20.8 Å². The molecule has 0 saturated carbocycles. The van der Waals surface area contributed by atoms with E-state index in [1.807, 2.05) is 0 Å². The summed E-state index contributed by atoms with van der Waals surface area (Å²) < 4.78 is 5.11. The van der Waals surface area contributed by atoms with Crippen molar-refractivity contribution in [1.82, 2.24) is 0 Å². The maximum absolute atomic E-state index is 11.0. The number of ether oxygens (including phenoxy) is 1. The van der Waals surface area contributed by atoms with Gasteiger partial charge in [0.15, 0.2) is 0 Å². The van der Waals surface area contributed by atoms with Crippen LogP contribution in [-0.2, 0) is 9.53 Å². The van der Waals surface area contributed by atoms with E-state index in [1.165, 1.54) is 0 Å². The van der Waals surface area contributed by atoms with Gasteiger partial charge >= 0.3 is 5.97 Å². The van der Waals surface area contributed by atoms with Crippen LogP contribution in [0.2, 0.25) is 0 Å². The van der Waals surface area contributed by atoms with Gasteiger partial charge in [-0.25, -0.2) is 0 Å². The zero-order valence-corrected chi connectivity index (χ0v) is 8.17. The van der Waals surface area contributed by atoms with Crippen LogP contribution in [0, 0.1) is 17.8 Å². The molecule has 1 fully saturated rings. The zero-order chi connectivity index (χ0) is 9.14. The third-order valence-corrected chi connectivity index (χ3v) is 2.62. The first-order chi connectivity index (χ1) is 5.59. The summed E-state index contributed by atoms with van der Waals surface area (Å²) in [6.45, 7) is 7.13. The molecule has 0 aromatic heterocycles.